The molecule has 2 aromatic rings. The molecule has 0 spiro atoms. The van der Waals surface area contributed by atoms with Crippen molar-refractivity contribution in [2.75, 3.05) is 25.1 Å². The van der Waals surface area contributed by atoms with Crippen LogP contribution in [0.15, 0.2) is 41.3 Å². The summed E-state index contributed by atoms with van der Waals surface area (Å²) in [5, 5.41) is 7.10. The third-order valence-electron chi connectivity index (χ3n) is 3.43. The zero-order valence-corrected chi connectivity index (χ0v) is 13.2. The summed E-state index contributed by atoms with van der Waals surface area (Å²) in [7, 11) is 0. The van der Waals surface area contributed by atoms with Crippen molar-refractivity contribution in [3.8, 4) is 11.3 Å². The van der Waals surface area contributed by atoms with Gasteiger partial charge < -0.3 is 10.1 Å². The van der Waals surface area contributed by atoms with Crippen LogP contribution in [0.4, 0.5) is 5.13 Å². The number of benzene rings is 1. The fourth-order valence-corrected chi connectivity index (χ4v) is 3.24. The van der Waals surface area contributed by atoms with Crippen LogP contribution in [0.25, 0.3) is 11.3 Å². The van der Waals surface area contributed by atoms with Gasteiger partial charge in [0.2, 0.25) is 0 Å². The molecule has 0 aliphatic carbocycles. The van der Waals surface area contributed by atoms with Crippen LogP contribution in [0.5, 0.6) is 0 Å². The van der Waals surface area contributed by atoms with E-state index in [9.17, 15) is 0 Å². The zero-order valence-electron chi connectivity index (χ0n) is 11.6. The maximum Gasteiger partial charge on any atom is 0.183 e. The van der Waals surface area contributed by atoms with Gasteiger partial charge in [0, 0.05) is 22.5 Å². The van der Waals surface area contributed by atoms with Gasteiger partial charge in [0.1, 0.15) is 0 Å². The van der Waals surface area contributed by atoms with E-state index >= 15 is 0 Å². The van der Waals surface area contributed by atoms with Crippen LogP contribution in [0.1, 0.15) is 12.8 Å². The van der Waals surface area contributed by atoms with Crippen LogP contribution in [0.2, 0.25) is 5.02 Å². The molecule has 0 amide bonds. The molecule has 0 bridgehead atoms. The second-order valence-electron chi connectivity index (χ2n) is 4.88. The SMILES string of the molecule is Clc1ccccc1-c1csc(NCCC2=CCOCC2)n1. The topological polar surface area (TPSA) is 34.1 Å². The van der Waals surface area contributed by atoms with E-state index in [1.165, 1.54) is 5.57 Å². The first-order valence-electron chi connectivity index (χ1n) is 7.03. The molecule has 110 valence electrons. The molecule has 0 fully saturated rings. The Labute approximate surface area is 133 Å². The number of rotatable bonds is 5. The maximum absolute atomic E-state index is 6.20. The largest absolute Gasteiger partial charge is 0.377 e. The molecule has 0 saturated carbocycles. The van der Waals surface area contributed by atoms with E-state index in [0.29, 0.717) is 0 Å². The van der Waals surface area contributed by atoms with Crippen LogP contribution >= 0.6 is 22.9 Å². The average molecular weight is 321 g/mol. The van der Waals surface area contributed by atoms with Crippen molar-refractivity contribution in [3.05, 3.63) is 46.3 Å². The minimum absolute atomic E-state index is 0.738. The maximum atomic E-state index is 6.20. The van der Waals surface area contributed by atoms with E-state index in [1.807, 2.05) is 29.6 Å². The number of ether oxygens (including phenoxy) is 1. The highest BCUT2D eigenvalue weighted by Crippen LogP contribution is 2.30. The number of nitrogens with one attached hydrogen (secondary N) is 1. The summed E-state index contributed by atoms with van der Waals surface area (Å²) in [4.78, 5) is 4.60. The van der Waals surface area contributed by atoms with Gasteiger partial charge in [-0.3, -0.25) is 0 Å². The van der Waals surface area contributed by atoms with Gasteiger partial charge in [-0.25, -0.2) is 4.98 Å². The van der Waals surface area contributed by atoms with Crippen molar-refractivity contribution >= 4 is 28.1 Å². The fourth-order valence-electron chi connectivity index (χ4n) is 2.27. The smallest absolute Gasteiger partial charge is 0.183 e. The minimum Gasteiger partial charge on any atom is -0.377 e. The highest BCUT2D eigenvalue weighted by molar-refractivity contribution is 7.14. The first-order valence-corrected chi connectivity index (χ1v) is 8.28. The summed E-state index contributed by atoms with van der Waals surface area (Å²) in [5.41, 5.74) is 3.38. The molecule has 0 radical (unpaired) electrons. The predicted molar refractivity (Wildman–Crippen MR) is 89.2 cm³/mol. The zero-order chi connectivity index (χ0) is 14.5. The number of anilines is 1. The molecule has 0 atom stereocenters. The van der Waals surface area contributed by atoms with Gasteiger partial charge in [0.05, 0.1) is 18.9 Å². The quantitative estimate of drug-likeness (QED) is 0.817. The van der Waals surface area contributed by atoms with Crippen molar-refractivity contribution in [2.24, 2.45) is 0 Å². The molecule has 1 aromatic carbocycles. The number of halogens is 1. The lowest BCUT2D eigenvalue weighted by Gasteiger charge is -2.13. The van der Waals surface area contributed by atoms with Crippen molar-refractivity contribution in [2.45, 2.75) is 12.8 Å². The average Bonchev–Trinajstić information content (AvgIpc) is 2.97. The lowest BCUT2D eigenvalue weighted by molar-refractivity contribution is 0.153. The predicted octanol–water partition coefficient (Wildman–Crippen LogP) is 4.61. The Hall–Kier alpha value is -1.36. The highest BCUT2D eigenvalue weighted by atomic mass is 35.5. The van der Waals surface area contributed by atoms with E-state index in [0.717, 1.165) is 54.0 Å². The molecule has 1 N–H and O–H groups in total. The van der Waals surface area contributed by atoms with Gasteiger partial charge in [0.25, 0.3) is 0 Å². The van der Waals surface area contributed by atoms with Crippen molar-refractivity contribution < 1.29 is 4.74 Å². The van der Waals surface area contributed by atoms with E-state index in [2.05, 4.69) is 16.4 Å². The molecule has 1 aliphatic rings. The van der Waals surface area contributed by atoms with Crippen LogP contribution in [0.3, 0.4) is 0 Å². The standard InChI is InChI=1S/C16H17ClN2OS/c17-14-4-2-1-3-13(14)15-11-21-16(19-15)18-8-5-12-6-9-20-10-7-12/h1-4,6,11H,5,7-10H2,(H,18,19). The molecular weight excluding hydrogens is 304 g/mol. The summed E-state index contributed by atoms with van der Waals surface area (Å²) in [6.45, 7) is 2.50. The molecule has 21 heavy (non-hydrogen) atoms. The molecule has 1 aromatic heterocycles. The Balaban J connectivity index is 1.58. The van der Waals surface area contributed by atoms with E-state index in [4.69, 9.17) is 16.3 Å². The summed E-state index contributed by atoms with van der Waals surface area (Å²) in [6, 6.07) is 7.79. The molecule has 5 heteroatoms. The van der Waals surface area contributed by atoms with Gasteiger partial charge in [-0.05, 0) is 18.9 Å². The first kappa shape index (κ1) is 14.6. The van der Waals surface area contributed by atoms with E-state index < -0.39 is 0 Å². The Kier molecular flexibility index (Phi) is 4.91. The van der Waals surface area contributed by atoms with Gasteiger partial charge in [0.15, 0.2) is 5.13 Å². The molecule has 2 heterocycles. The molecule has 0 unspecified atom stereocenters. The highest BCUT2D eigenvalue weighted by Gasteiger charge is 2.08. The van der Waals surface area contributed by atoms with Crippen LogP contribution in [-0.4, -0.2) is 24.7 Å². The van der Waals surface area contributed by atoms with E-state index in [1.54, 1.807) is 11.3 Å². The number of hydrogen-bond donors (Lipinski definition) is 1. The number of hydrogen-bond acceptors (Lipinski definition) is 4. The van der Waals surface area contributed by atoms with Gasteiger partial charge >= 0.3 is 0 Å². The Morgan fingerprint density at radius 1 is 1.33 bits per heavy atom. The number of nitrogens with zero attached hydrogens (tertiary/aromatic N) is 1. The lowest BCUT2D eigenvalue weighted by Crippen LogP contribution is -2.08. The normalized spacial score (nSPS) is 14.8. The van der Waals surface area contributed by atoms with Gasteiger partial charge in [-0.2, -0.15) is 0 Å². The van der Waals surface area contributed by atoms with Gasteiger partial charge in [-0.1, -0.05) is 41.4 Å². The second-order valence-corrected chi connectivity index (χ2v) is 6.15. The fraction of sp³-hybridized carbons (Fsp3) is 0.312. The van der Waals surface area contributed by atoms with Crippen molar-refractivity contribution in [3.63, 3.8) is 0 Å². The third-order valence-corrected chi connectivity index (χ3v) is 4.56. The van der Waals surface area contributed by atoms with Crippen LogP contribution < -0.4 is 5.32 Å². The molecular formula is C16H17ClN2OS. The molecule has 3 rings (SSSR count). The monoisotopic (exact) mass is 320 g/mol. The summed E-state index contributed by atoms with van der Waals surface area (Å²) < 4.78 is 5.31. The summed E-state index contributed by atoms with van der Waals surface area (Å²) in [6.07, 6.45) is 4.27. The first-order chi connectivity index (χ1) is 10.3. The molecule has 1 aliphatic heterocycles. The van der Waals surface area contributed by atoms with Crippen molar-refractivity contribution in [1.82, 2.24) is 4.98 Å². The molecule has 0 saturated heterocycles. The van der Waals surface area contributed by atoms with E-state index in [-0.39, 0.29) is 0 Å². The Morgan fingerprint density at radius 2 is 2.24 bits per heavy atom. The second kappa shape index (κ2) is 7.07. The summed E-state index contributed by atoms with van der Waals surface area (Å²) in [5.74, 6) is 0. The summed E-state index contributed by atoms with van der Waals surface area (Å²) >= 11 is 7.81. The minimum atomic E-state index is 0.738. The van der Waals surface area contributed by atoms with Crippen LogP contribution in [0, 0.1) is 0 Å². The number of aromatic nitrogens is 1. The molecule has 3 nitrogen and oxygen atoms in total. The third kappa shape index (κ3) is 3.84. The van der Waals surface area contributed by atoms with Crippen LogP contribution in [-0.2, 0) is 4.74 Å². The van der Waals surface area contributed by atoms with Gasteiger partial charge in [-0.15, -0.1) is 11.3 Å². The lowest BCUT2D eigenvalue weighted by atomic mass is 10.1. The van der Waals surface area contributed by atoms with Crippen molar-refractivity contribution in [1.29, 1.82) is 0 Å². The Morgan fingerprint density at radius 3 is 3.05 bits per heavy atom. The number of thiazole rings is 1. The Bertz CT molecular complexity index is 639.